The van der Waals surface area contributed by atoms with Gasteiger partial charge in [-0.1, -0.05) is 0 Å². The summed E-state index contributed by atoms with van der Waals surface area (Å²) in [5, 5.41) is 0. The van der Waals surface area contributed by atoms with Gasteiger partial charge in [-0.15, -0.1) is 0 Å². The Morgan fingerprint density at radius 1 is 1.18 bits per heavy atom. The van der Waals surface area contributed by atoms with E-state index in [2.05, 4.69) is 5.48 Å². The Balaban J connectivity index is 1.81. The Kier molecular flexibility index (Phi) is 3.69. The maximum Gasteiger partial charge on any atom is 0.434 e. The van der Waals surface area contributed by atoms with Gasteiger partial charge in [0.05, 0.1) is 5.69 Å². The van der Waals surface area contributed by atoms with E-state index in [4.69, 9.17) is 10.6 Å². The van der Waals surface area contributed by atoms with Crippen LogP contribution >= 0.6 is 0 Å². The van der Waals surface area contributed by atoms with Crippen molar-refractivity contribution in [3.63, 3.8) is 0 Å². The van der Waals surface area contributed by atoms with Gasteiger partial charge in [0.25, 0.3) is 0 Å². The number of hydrogen-bond donors (Lipinski definition) is 2. The third-order valence-electron chi connectivity index (χ3n) is 2.78. The first kappa shape index (κ1) is 11.6. The minimum Gasteiger partial charge on any atom is -0.399 e. The number of anilines is 2. The number of benzene rings is 1. The number of nitrogens with zero attached hydrogens (tertiary/aromatic N) is 1. The first-order chi connectivity index (χ1) is 8.25. The smallest absolute Gasteiger partial charge is 0.399 e. The van der Waals surface area contributed by atoms with E-state index in [1.54, 1.807) is 29.2 Å². The molecule has 0 spiro atoms. The molecule has 92 valence electrons. The molecule has 1 fully saturated rings. The van der Waals surface area contributed by atoms with Gasteiger partial charge >= 0.3 is 6.09 Å². The first-order valence-corrected chi connectivity index (χ1v) is 5.83. The van der Waals surface area contributed by atoms with E-state index in [1.165, 1.54) is 6.42 Å². The first-order valence-electron chi connectivity index (χ1n) is 5.83. The zero-order chi connectivity index (χ0) is 12.1. The SMILES string of the molecule is Nc1ccc(NOC(=O)N2CCCCC2)cc1. The molecule has 1 aliphatic heterocycles. The normalized spacial score (nSPS) is 15.4. The summed E-state index contributed by atoms with van der Waals surface area (Å²) in [5.74, 6) is 0. The van der Waals surface area contributed by atoms with E-state index in [1.807, 2.05) is 0 Å². The van der Waals surface area contributed by atoms with Crippen LogP contribution in [-0.4, -0.2) is 24.1 Å². The summed E-state index contributed by atoms with van der Waals surface area (Å²) in [4.78, 5) is 18.4. The van der Waals surface area contributed by atoms with E-state index in [0.717, 1.165) is 25.9 Å². The molecule has 0 aliphatic carbocycles. The molecule has 2 rings (SSSR count). The van der Waals surface area contributed by atoms with Crippen LogP contribution in [0.15, 0.2) is 24.3 Å². The molecule has 0 unspecified atom stereocenters. The van der Waals surface area contributed by atoms with Crippen LogP contribution in [0.1, 0.15) is 19.3 Å². The van der Waals surface area contributed by atoms with E-state index in [9.17, 15) is 4.79 Å². The molecular formula is C12H17N3O2. The van der Waals surface area contributed by atoms with Crippen LogP contribution in [0.25, 0.3) is 0 Å². The summed E-state index contributed by atoms with van der Waals surface area (Å²) in [7, 11) is 0. The molecule has 0 bridgehead atoms. The van der Waals surface area contributed by atoms with Crippen molar-refractivity contribution in [3.8, 4) is 0 Å². The van der Waals surface area contributed by atoms with Crippen molar-refractivity contribution >= 4 is 17.5 Å². The third-order valence-corrected chi connectivity index (χ3v) is 2.78. The average Bonchev–Trinajstić information content (AvgIpc) is 2.39. The summed E-state index contributed by atoms with van der Waals surface area (Å²) in [6.07, 6.45) is 2.98. The lowest BCUT2D eigenvalue weighted by atomic mass is 10.1. The van der Waals surface area contributed by atoms with Gasteiger partial charge in [-0.25, -0.2) is 10.3 Å². The summed E-state index contributed by atoms with van der Waals surface area (Å²) in [5.41, 5.74) is 9.57. The molecule has 1 aromatic carbocycles. The van der Waals surface area contributed by atoms with Crippen LogP contribution in [0.4, 0.5) is 16.2 Å². The van der Waals surface area contributed by atoms with Crippen LogP contribution in [0.3, 0.4) is 0 Å². The van der Waals surface area contributed by atoms with Crippen molar-refractivity contribution in [2.75, 3.05) is 24.3 Å². The molecular weight excluding hydrogens is 218 g/mol. The summed E-state index contributed by atoms with van der Waals surface area (Å²) >= 11 is 0. The van der Waals surface area contributed by atoms with E-state index >= 15 is 0 Å². The van der Waals surface area contributed by atoms with Crippen molar-refractivity contribution in [1.29, 1.82) is 0 Å². The zero-order valence-electron chi connectivity index (χ0n) is 9.69. The number of carbonyl (C=O) groups is 1. The quantitative estimate of drug-likeness (QED) is 0.609. The molecule has 5 nitrogen and oxygen atoms in total. The summed E-state index contributed by atoms with van der Waals surface area (Å²) in [6, 6.07) is 7.02. The topological polar surface area (TPSA) is 67.6 Å². The fourth-order valence-corrected chi connectivity index (χ4v) is 1.79. The maximum atomic E-state index is 11.7. The standard InChI is InChI=1S/C12H17N3O2/c13-10-4-6-11(7-5-10)14-17-12(16)15-8-2-1-3-9-15/h4-7,14H,1-3,8-9,13H2. The average molecular weight is 235 g/mol. The fourth-order valence-electron chi connectivity index (χ4n) is 1.79. The highest BCUT2D eigenvalue weighted by molar-refractivity contribution is 5.69. The number of carbonyl (C=O) groups excluding carboxylic acids is 1. The van der Waals surface area contributed by atoms with Crippen molar-refractivity contribution in [2.45, 2.75) is 19.3 Å². The predicted molar refractivity (Wildman–Crippen MR) is 66.4 cm³/mol. The summed E-state index contributed by atoms with van der Waals surface area (Å²) in [6.45, 7) is 1.56. The Hall–Kier alpha value is -1.91. The monoisotopic (exact) mass is 235 g/mol. The number of nitrogen functional groups attached to an aromatic ring is 1. The molecule has 3 N–H and O–H groups in total. The predicted octanol–water partition coefficient (Wildman–Crippen LogP) is 2.22. The lowest BCUT2D eigenvalue weighted by molar-refractivity contribution is 0.114. The summed E-state index contributed by atoms with van der Waals surface area (Å²) < 4.78 is 0. The lowest BCUT2D eigenvalue weighted by Gasteiger charge is -2.25. The second-order valence-corrected chi connectivity index (χ2v) is 4.14. The number of hydrogen-bond acceptors (Lipinski definition) is 4. The fraction of sp³-hybridized carbons (Fsp3) is 0.417. The minimum atomic E-state index is -0.318. The number of piperidine rings is 1. The zero-order valence-corrected chi connectivity index (χ0v) is 9.69. The molecule has 1 aromatic rings. The van der Waals surface area contributed by atoms with Crippen molar-refractivity contribution in [2.24, 2.45) is 0 Å². The maximum absolute atomic E-state index is 11.7. The second-order valence-electron chi connectivity index (χ2n) is 4.14. The van der Waals surface area contributed by atoms with Crippen LogP contribution in [0, 0.1) is 0 Å². The molecule has 1 heterocycles. The molecule has 0 radical (unpaired) electrons. The van der Waals surface area contributed by atoms with Crippen LogP contribution in [-0.2, 0) is 4.84 Å². The van der Waals surface area contributed by atoms with Crippen LogP contribution in [0.2, 0.25) is 0 Å². The lowest BCUT2D eigenvalue weighted by Crippen LogP contribution is -2.37. The Labute approximate surface area is 100 Å². The number of nitrogens with one attached hydrogen (secondary N) is 1. The molecule has 1 saturated heterocycles. The molecule has 0 saturated carbocycles. The highest BCUT2D eigenvalue weighted by Gasteiger charge is 2.17. The molecule has 5 heteroatoms. The number of nitrogens with two attached hydrogens (primary N) is 1. The molecule has 1 amide bonds. The van der Waals surface area contributed by atoms with E-state index in [0.29, 0.717) is 11.4 Å². The Bertz CT molecular complexity index is 372. The molecule has 17 heavy (non-hydrogen) atoms. The number of likely N-dealkylation sites (tertiary alicyclic amines) is 1. The van der Waals surface area contributed by atoms with Crippen LogP contribution < -0.4 is 11.2 Å². The van der Waals surface area contributed by atoms with Crippen molar-refractivity contribution in [3.05, 3.63) is 24.3 Å². The van der Waals surface area contributed by atoms with Gasteiger partial charge in [-0.2, -0.15) is 0 Å². The highest BCUT2D eigenvalue weighted by atomic mass is 16.7. The van der Waals surface area contributed by atoms with Gasteiger partial charge in [0, 0.05) is 18.8 Å². The Morgan fingerprint density at radius 2 is 1.82 bits per heavy atom. The number of rotatable bonds is 2. The second kappa shape index (κ2) is 5.43. The molecule has 1 aliphatic rings. The minimum absolute atomic E-state index is 0.318. The van der Waals surface area contributed by atoms with Crippen LogP contribution in [0.5, 0.6) is 0 Å². The van der Waals surface area contributed by atoms with Gasteiger partial charge in [-0.05, 0) is 43.5 Å². The number of amides is 1. The molecule has 0 atom stereocenters. The van der Waals surface area contributed by atoms with Crippen molar-refractivity contribution in [1.82, 2.24) is 4.90 Å². The van der Waals surface area contributed by atoms with Gasteiger partial charge in [-0.3, -0.25) is 0 Å². The highest BCUT2D eigenvalue weighted by Crippen LogP contribution is 2.12. The van der Waals surface area contributed by atoms with Gasteiger partial charge in [0.2, 0.25) is 0 Å². The molecule has 0 aromatic heterocycles. The van der Waals surface area contributed by atoms with E-state index in [-0.39, 0.29) is 6.09 Å². The van der Waals surface area contributed by atoms with Crippen molar-refractivity contribution < 1.29 is 9.63 Å². The van der Waals surface area contributed by atoms with E-state index < -0.39 is 0 Å². The largest absolute Gasteiger partial charge is 0.434 e. The Morgan fingerprint density at radius 3 is 2.47 bits per heavy atom. The van der Waals surface area contributed by atoms with Gasteiger partial charge in [0.15, 0.2) is 0 Å². The van der Waals surface area contributed by atoms with Gasteiger partial charge in [0.1, 0.15) is 0 Å². The van der Waals surface area contributed by atoms with Gasteiger partial charge < -0.3 is 15.5 Å². The third kappa shape index (κ3) is 3.27.